The molecule has 2 aliphatic heterocycles. The first-order valence-electron chi connectivity index (χ1n) is 18.1. The Morgan fingerprint density at radius 3 is 2.65 bits per heavy atom. The number of ether oxygens (including phenoxy) is 2. The molecule has 0 unspecified atom stereocenters. The van der Waals surface area contributed by atoms with Gasteiger partial charge in [-0.2, -0.15) is 0 Å². The van der Waals surface area contributed by atoms with Crippen LogP contribution in [-0.4, -0.2) is 72.6 Å². The maximum atomic E-state index is 14.2. The van der Waals surface area contributed by atoms with Gasteiger partial charge in [0.05, 0.1) is 24.6 Å². The van der Waals surface area contributed by atoms with E-state index in [9.17, 15) is 22.8 Å². The fraction of sp³-hybridized carbons (Fsp3) is 0.436. The highest BCUT2D eigenvalue weighted by Crippen LogP contribution is 2.46. The third kappa shape index (κ3) is 6.50. The van der Waals surface area contributed by atoms with Gasteiger partial charge in [0.25, 0.3) is 5.91 Å². The van der Waals surface area contributed by atoms with Crippen LogP contribution in [-0.2, 0) is 24.4 Å². The van der Waals surface area contributed by atoms with Crippen LogP contribution in [0.5, 0.6) is 11.5 Å². The number of fused-ring (bicyclic) bond motifs is 5. The predicted octanol–water partition coefficient (Wildman–Crippen LogP) is 5.40. The van der Waals surface area contributed by atoms with Gasteiger partial charge in [0.2, 0.25) is 21.8 Å². The lowest BCUT2D eigenvalue weighted by Crippen LogP contribution is -2.56. The fourth-order valence-corrected chi connectivity index (χ4v) is 8.95. The Morgan fingerprint density at radius 2 is 1.83 bits per heavy atom. The molecule has 13 heteroatoms. The number of sulfonamides is 1. The zero-order valence-corrected chi connectivity index (χ0v) is 29.8. The van der Waals surface area contributed by atoms with Crippen molar-refractivity contribution in [1.29, 1.82) is 0 Å². The van der Waals surface area contributed by atoms with Crippen LogP contribution >= 0.6 is 0 Å². The van der Waals surface area contributed by atoms with Gasteiger partial charge in [-0.15, -0.1) is 0 Å². The average Bonchev–Trinajstić information content (AvgIpc) is 4.04. The minimum Gasteiger partial charge on any atom is -0.496 e. The lowest BCUT2D eigenvalue weighted by Gasteiger charge is -2.26. The Kier molecular flexibility index (Phi) is 8.92. The molecule has 2 aromatic heterocycles. The first-order chi connectivity index (χ1) is 25.2. The highest BCUT2D eigenvalue weighted by Gasteiger charge is 2.62. The minimum atomic E-state index is -3.84. The van der Waals surface area contributed by atoms with Gasteiger partial charge in [-0.05, 0) is 62.8 Å². The lowest BCUT2D eigenvalue weighted by molar-refractivity contribution is -0.139. The Morgan fingerprint density at radius 1 is 1.04 bits per heavy atom. The van der Waals surface area contributed by atoms with Gasteiger partial charge in [0, 0.05) is 35.8 Å². The number of methoxy groups -OCH3 is 1. The largest absolute Gasteiger partial charge is 0.496 e. The van der Waals surface area contributed by atoms with E-state index in [0.29, 0.717) is 53.1 Å². The summed E-state index contributed by atoms with van der Waals surface area (Å²) >= 11 is 0. The predicted molar refractivity (Wildman–Crippen MR) is 194 cm³/mol. The highest BCUT2D eigenvalue weighted by molar-refractivity contribution is 7.91. The van der Waals surface area contributed by atoms with Gasteiger partial charge in [-0.3, -0.25) is 19.1 Å². The lowest BCUT2D eigenvalue weighted by atomic mass is 10.1. The van der Waals surface area contributed by atoms with Gasteiger partial charge < -0.3 is 24.1 Å². The maximum absolute atomic E-state index is 14.2. The summed E-state index contributed by atoms with van der Waals surface area (Å²) in [6.45, 7) is 0.142. The summed E-state index contributed by atoms with van der Waals surface area (Å²) in [5.41, 5.74) is 1.64. The Bertz CT molecular complexity index is 2190. The van der Waals surface area contributed by atoms with Crippen molar-refractivity contribution >= 4 is 49.8 Å². The molecule has 0 spiro atoms. The SMILES string of the molecule is COc1ccccc1-c1cc(O[C@@H]2C[C@H]3C(=O)N[C@]4(C(=O)NS(=O)(=O)C5CC5)C[C@H]4/C=C\CCCCCCC(=O)N3C2)c2oc3ccccc3c2n1. The second-order valence-electron chi connectivity index (χ2n) is 14.3. The molecule has 2 N–H and O–H groups in total. The van der Waals surface area contributed by atoms with E-state index in [-0.39, 0.29) is 37.6 Å². The molecule has 2 aromatic carbocycles. The summed E-state index contributed by atoms with van der Waals surface area (Å²) in [5, 5.41) is 3.15. The number of para-hydroxylation sites is 2. The molecule has 272 valence electrons. The zero-order valence-electron chi connectivity index (χ0n) is 29.0. The number of nitrogens with one attached hydrogen (secondary N) is 2. The molecule has 0 bridgehead atoms. The van der Waals surface area contributed by atoms with Crippen LogP contribution in [0.2, 0.25) is 0 Å². The molecule has 8 rings (SSSR count). The Balaban J connectivity index is 1.12. The van der Waals surface area contributed by atoms with E-state index >= 15 is 0 Å². The second-order valence-corrected chi connectivity index (χ2v) is 16.3. The first-order valence-corrected chi connectivity index (χ1v) is 19.7. The van der Waals surface area contributed by atoms with E-state index in [1.807, 2.05) is 60.7 Å². The third-order valence-corrected chi connectivity index (χ3v) is 12.5. The Hall–Kier alpha value is -4.91. The molecule has 4 atom stereocenters. The number of amides is 3. The molecule has 2 aliphatic carbocycles. The smallest absolute Gasteiger partial charge is 0.259 e. The van der Waals surface area contributed by atoms with Gasteiger partial charge >= 0.3 is 0 Å². The van der Waals surface area contributed by atoms with Crippen LogP contribution in [0.1, 0.15) is 64.2 Å². The van der Waals surface area contributed by atoms with E-state index in [4.69, 9.17) is 18.9 Å². The van der Waals surface area contributed by atoms with Gasteiger partial charge in [-0.25, -0.2) is 13.4 Å². The van der Waals surface area contributed by atoms with Crippen LogP contribution in [0.15, 0.2) is 71.2 Å². The number of hydrogen-bond acceptors (Lipinski definition) is 9. The van der Waals surface area contributed by atoms with Crippen LogP contribution in [0.25, 0.3) is 33.3 Å². The number of carbonyl (C=O) groups is 3. The third-order valence-electron chi connectivity index (χ3n) is 10.7. The number of nitrogens with zero attached hydrogens (tertiary/aromatic N) is 2. The minimum absolute atomic E-state index is 0.142. The summed E-state index contributed by atoms with van der Waals surface area (Å²) in [5.74, 6) is -0.722. The van der Waals surface area contributed by atoms with Gasteiger partial charge in [-0.1, -0.05) is 49.3 Å². The topological polar surface area (TPSA) is 157 Å². The molecule has 4 heterocycles. The van der Waals surface area contributed by atoms with Crippen LogP contribution in [0, 0.1) is 5.92 Å². The van der Waals surface area contributed by atoms with E-state index in [1.54, 1.807) is 18.1 Å². The quantitative estimate of drug-likeness (QED) is 0.238. The van der Waals surface area contributed by atoms with Crippen molar-refractivity contribution in [3.05, 3.63) is 66.7 Å². The Labute approximate surface area is 302 Å². The second kappa shape index (κ2) is 13.6. The highest BCUT2D eigenvalue weighted by atomic mass is 32.2. The van der Waals surface area contributed by atoms with E-state index in [0.717, 1.165) is 36.6 Å². The molecule has 12 nitrogen and oxygen atoms in total. The van der Waals surface area contributed by atoms with E-state index in [1.165, 1.54) is 0 Å². The summed E-state index contributed by atoms with van der Waals surface area (Å²) in [4.78, 5) is 48.1. The summed E-state index contributed by atoms with van der Waals surface area (Å²) in [6.07, 6.45) is 9.29. The van der Waals surface area contributed by atoms with Crippen molar-refractivity contribution in [3.8, 4) is 22.8 Å². The van der Waals surface area contributed by atoms with Crippen molar-refractivity contribution in [1.82, 2.24) is 19.9 Å². The van der Waals surface area contributed by atoms with Gasteiger partial charge in [0.15, 0.2) is 11.3 Å². The number of benzene rings is 2. The summed E-state index contributed by atoms with van der Waals surface area (Å²) in [6, 6.07) is 16.0. The van der Waals surface area contributed by atoms with Crippen LogP contribution in [0.3, 0.4) is 0 Å². The number of allylic oxidation sites excluding steroid dienone is 1. The molecular weight excluding hydrogens is 685 g/mol. The molecule has 0 radical (unpaired) electrons. The van der Waals surface area contributed by atoms with E-state index in [2.05, 4.69) is 10.0 Å². The summed E-state index contributed by atoms with van der Waals surface area (Å²) < 4.78 is 46.4. The standard InChI is InChI=1S/C39H42N4O8S/c1-49-31-15-10-8-13-27(31)29-21-33(36-35(40-29)28-14-9-11-16-32(28)51-36)50-25-20-30-37(45)41-39(38(46)42-52(47,48)26-18-19-26)22-24(39)12-6-4-2-3-5-7-17-34(44)43(30)23-25/h6,8-16,21,24-26,30H,2-5,7,17-20,22-23H2,1H3,(H,41,45)(H,42,46)/b12-6-/t24-,25-,30+,39-/m1/s1. The molecule has 1 saturated heterocycles. The number of furan rings is 1. The number of pyridine rings is 1. The van der Waals surface area contributed by atoms with Crippen LogP contribution in [0.4, 0.5) is 0 Å². The fourth-order valence-electron chi connectivity index (χ4n) is 7.58. The number of carbonyl (C=O) groups excluding carboxylic acids is 3. The molecular formula is C39H42N4O8S. The molecule has 52 heavy (non-hydrogen) atoms. The molecule has 4 aromatic rings. The van der Waals surface area contributed by atoms with Crippen molar-refractivity contribution in [2.75, 3.05) is 13.7 Å². The molecule has 3 amide bonds. The molecule has 4 aliphatic rings. The van der Waals surface area contributed by atoms with Crippen molar-refractivity contribution < 1.29 is 36.7 Å². The van der Waals surface area contributed by atoms with E-state index < -0.39 is 44.8 Å². The van der Waals surface area contributed by atoms with Gasteiger partial charge in [0.1, 0.15) is 34.5 Å². The molecule has 3 fully saturated rings. The van der Waals surface area contributed by atoms with Crippen molar-refractivity contribution in [3.63, 3.8) is 0 Å². The van der Waals surface area contributed by atoms with Crippen molar-refractivity contribution in [2.24, 2.45) is 5.92 Å². The molecule has 2 saturated carbocycles. The number of rotatable bonds is 7. The number of aromatic nitrogens is 1. The first kappa shape index (κ1) is 34.2. The maximum Gasteiger partial charge on any atom is 0.259 e. The monoisotopic (exact) mass is 726 g/mol. The normalized spacial score (nSPS) is 26.1. The number of hydrogen-bond donors (Lipinski definition) is 2. The zero-order chi connectivity index (χ0) is 36.0. The van der Waals surface area contributed by atoms with Crippen LogP contribution < -0.4 is 19.5 Å². The average molecular weight is 727 g/mol. The summed E-state index contributed by atoms with van der Waals surface area (Å²) in [7, 11) is -2.24. The van der Waals surface area contributed by atoms with Crippen molar-refractivity contribution in [2.45, 2.75) is 87.1 Å².